The number of urea groups is 1. The highest BCUT2D eigenvalue weighted by atomic mass is 19.4. The molecule has 0 heterocycles. The van der Waals surface area contributed by atoms with Crippen LogP contribution in [0.15, 0.2) is 30.3 Å². The van der Waals surface area contributed by atoms with Crippen LogP contribution in [0.25, 0.3) is 10.8 Å². The monoisotopic (exact) mass is 394 g/mol. The van der Waals surface area contributed by atoms with Gasteiger partial charge in [-0.05, 0) is 30.9 Å². The molecule has 0 aliphatic rings. The summed E-state index contributed by atoms with van der Waals surface area (Å²) in [6, 6.07) is 4.85. The van der Waals surface area contributed by atoms with Gasteiger partial charge in [0, 0.05) is 17.5 Å². The molecular formula is C17H16F6N2O2. The summed E-state index contributed by atoms with van der Waals surface area (Å²) in [5, 5.41) is 14.1. The number of anilines is 1. The lowest BCUT2D eigenvalue weighted by Gasteiger charge is -2.34. The van der Waals surface area contributed by atoms with E-state index in [4.69, 9.17) is 0 Å². The summed E-state index contributed by atoms with van der Waals surface area (Å²) in [7, 11) is 0. The number of hydrogen-bond acceptors (Lipinski definition) is 2. The van der Waals surface area contributed by atoms with Gasteiger partial charge in [-0.25, -0.2) is 4.79 Å². The molecule has 10 heteroatoms. The lowest BCUT2D eigenvalue weighted by atomic mass is 9.86. The third kappa shape index (κ3) is 3.53. The molecule has 0 spiro atoms. The fourth-order valence-corrected chi connectivity index (χ4v) is 2.76. The van der Waals surface area contributed by atoms with Crippen LogP contribution in [0.3, 0.4) is 0 Å². The second-order valence-corrected chi connectivity index (χ2v) is 5.85. The Morgan fingerprint density at radius 2 is 1.56 bits per heavy atom. The van der Waals surface area contributed by atoms with Crippen molar-refractivity contribution in [3.8, 4) is 0 Å². The number of carbonyl (C=O) groups is 1. The van der Waals surface area contributed by atoms with Crippen LogP contribution in [0.2, 0.25) is 0 Å². The zero-order valence-electron chi connectivity index (χ0n) is 14.2. The molecule has 2 rings (SSSR count). The maximum atomic E-state index is 13.3. The maximum absolute atomic E-state index is 13.3. The van der Waals surface area contributed by atoms with E-state index in [-0.39, 0.29) is 23.2 Å². The van der Waals surface area contributed by atoms with E-state index in [0.29, 0.717) is 6.07 Å². The van der Waals surface area contributed by atoms with Gasteiger partial charge in [0.15, 0.2) is 0 Å². The zero-order chi connectivity index (χ0) is 20.6. The average molecular weight is 394 g/mol. The summed E-state index contributed by atoms with van der Waals surface area (Å²) in [6.45, 7) is 3.15. The molecule has 2 aromatic rings. The summed E-state index contributed by atoms with van der Waals surface area (Å²) in [4.78, 5) is 11.8. The van der Waals surface area contributed by atoms with Gasteiger partial charge in [-0.2, -0.15) is 26.3 Å². The highest BCUT2D eigenvalue weighted by Gasteiger charge is 2.71. The van der Waals surface area contributed by atoms with Crippen molar-refractivity contribution in [3.05, 3.63) is 41.5 Å². The fourth-order valence-electron chi connectivity index (χ4n) is 2.76. The molecule has 0 bridgehead atoms. The molecule has 3 N–H and O–H groups in total. The van der Waals surface area contributed by atoms with Crippen LogP contribution >= 0.6 is 0 Å². The normalized spacial score (nSPS) is 12.9. The number of alkyl halides is 6. The van der Waals surface area contributed by atoms with E-state index in [2.05, 4.69) is 10.6 Å². The number of amides is 2. The van der Waals surface area contributed by atoms with E-state index in [0.717, 1.165) is 6.07 Å². The Hall–Kier alpha value is -2.49. The minimum absolute atomic E-state index is 0.0481. The largest absolute Gasteiger partial charge is 0.430 e. The third-order valence-electron chi connectivity index (χ3n) is 4.03. The molecule has 0 radical (unpaired) electrons. The summed E-state index contributed by atoms with van der Waals surface area (Å²) in [5.74, 6) is 0. The number of hydrogen-bond donors (Lipinski definition) is 3. The van der Waals surface area contributed by atoms with Crippen LogP contribution in [-0.4, -0.2) is 30.0 Å². The van der Waals surface area contributed by atoms with Gasteiger partial charge in [0.05, 0.1) is 5.69 Å². The van der Waals surface area contributed by atoms with E-state index in [1.165, 1.54) is 25.1 Å². The van der Waals surface area contributed by atoms with Gasteiger partial charge in [-0.15, -0.1) is 0 Å². The van der Waals surface area contributed by atoms with Crippen molar-refractivity contribution in [1.29, 1.82) is 0 Å². The number of aliphatic hydroxyl groups is 1. The van der Waals surface area contributed by atoms with Crippen LogP contribution in [0, 0.1) is 6.92 Å². The molecule has 0 saturated carbocycles. The molecule has 0 saturated heterocycles. The van der Waals surface area contributed by atoms with Crippen LogP contribution in [0.4, 0.5) is 36.8 Å². The molecule has 0 atom stereocenters. The molecular weight excluding hydrogens is 378 g/mol. The first-order valence-corrected chi connectivity index (χ1v) is 7.78. The molecule has 0 aromatic heterocycles. The molecule has 4 nitrogen and oxygen atoms in total. The molecule has 148 valence electrons. The van der Waals surface area contributed by atoms with E-state index in [1.807, 2.05) is 0 Å². The van der Waals surface area contributed by atoms with Crippen molar-refractivity contribution >= 4 is 22.5 Å². The number of nitrogens with one attached hydrogen (secondary N) is 2. The Morgan fingerprint density at radius 3 is 2.04 bits per heavy atom. The Kier molecular flexibility index (Phi) is 5.33. The highest BCUT2D eigenvalue weighted by molar-refractivity contribution is 6.04. The van der Waals surface area contributed by atoms with E-state index in [1.54, 1.807) is 6.92 Å². The van der Waals surface area contributed by atoms with Crippen LogP contribution in [0.5, 0.6) is 0 Å². The topological polar surface area (TPSA) is 61.4 Å². The number of aryl methyl sites for hydroxylation is 1. The molecule has 2 amide bonds. The zero-order valence-corrected chi connectivity index (χ0v) is 14.2. The molecule has 0 fully saturated rings. The minimum atomic E-state index is -6.00. The van der Waals surface area contributed by atoms with Crippen molar-refractivity contribution in [2.45, 2.75) is 31.8 Å². The molecule has 2 aromatic carbocycles. The smallest absolute Gasteiger partial charge is 0.369 e. The SMILES string of the molecule is CCNC(=O)Nc1c(C)cc(C(O)(C(F)(F)F)C(F)(F)F)c2ccccc12. The van der Waals surface area contributed by atoms with Gasteiger partial charge in [0.2, 0.25) is 0 Å². The van der Waals surface area contributed by atoms with Gasteiger partial charge in [0.25, 0.3) is 5.60 Å². The number of halogens is 6. The second kappa shape index (κ2) is 6.91. The lowest BCUT2D eigenvalue weighted by molar-refractivity contribution is -0.375. The molecule has 0 aliphatic carbocycles. The Bertz CT molecular complexity index is 847. The van der Waals surface area contributed by atoms with Crippen LogP contribution < -0.4 is 10.6 Å². The van der Waals surface area contributed by atoms with Crippen molar-refractivity contribution < 1.29 is 36.2 Å². The number of benzene rings is 2. The maximum Gasteiger partial charge on any atom is 0.430 e. The number of rotatable bonds is 3. The fraction of sp³-hybridized carbons (Fsp3) is 0.353. The minimum Gasteiger partial charge on any atom is -0.369 e. The van der Waals surface area contributed by atoms with Crippen LogP contribution in [0.1, 0.15) is 18.1 Å². The summed E-state index contributed by atoms with van der Waals surface area (Å²) in [6.07, 6.45) is -12.0. The van der Waals surface area contributed by atoms with Gasteiger partial charge in [-0.1, -0.05) is 24.3 Å². The lowest BCUT2D eigenvalue weighted by Crippen LogP contribution is -2.54. The van der Waals surface area contributed by atoms with Crippen molar-refractivity contribution in [1.82, 2.24) is 5.32 Å². The first-order valence-electron chi connectivity index (χ1n) is 7.78. The second-order valence-electron chi connectivity index (χ2n) is 5.85. The van der Waals surface area contributed by atoms with Gasteiger partial charge in [0.1, 0.15) is 0 Å². The summed E-state index contributed by atoms with van der Waals surface area (Å²) >= 11 is 0. The molecule has 0 unspecified atom stereocenters. The van der Waals surface area contributed by atoms with E-state index in [9.17, 15) is 36.2 Å². The summed E-state index contributed by atoms with van der Waals surface area (Å²) in [5.41, 5.74) is -6.43. The third-order valence-corrected chi connectivity index (χ3v) is 4.03. The van der Waals surface area contributed by atoms with Crippen molar-refractivity contribution in [2.24, 2.45) is 0 Å². The quantitative estimate of drug-likeness (QED) is 0.667. The van der Waals surface area contributed by atoms with Crippen molar-refractivity contribution in [3.63, 3.8) is 0 Å². The van der Waals surface area contributed by atoms with E-state index >= 15 is 0 Å². The van der Waals surface area contributed by atoms with Crippen molar-refractivity contribution in [2.75, 3.05) is 11.9 Å². The highest BCUT2D eigenvalue weighted by Crippen LogP contribution is 2.52. The Balaban J connectivity index is 2.83. The van der Waals surface area contributed by atoms with E-state index < -0.39 is 34.9 Å². The van der Waals surface area contributed by atoms with Gasteiger partial charge in [-0.3, -0.25) is 0 Å². The number of fused-ring (bicyclic) bond motifs is 1. The molecule has 27 heavy (non-hydrogen) atoms. The first-order chi connectivity index (χ1) is 12.3. The number of carbonyl (C=O) groups excluding carboxylic acids is 1. The Labute approximate surface area is 150 Å². The predicted molar refractivity (Wildman–Crippen MR) is 87.4 cm³/mol. The predicted octanol–water partition coefficient (Wildman–Crippen LogP) is 4.60. The van der Waals surface area contributed by atoms with Gasteiger partial charge >= 0.3 is 18.4 Å². The average Bonchev–Trinajstić information content (AvgIpc) is 2.54. The summed E-state index contributed by atoms with van der Waals surface area (Å²) < 4.78 is 79.8. The van der Waals surface area contributed by atoms with Gasteiger partial charge < -0.3 is 15.7 Å². The Morgan fingerprint density at radius 1 is 1.04 bits per heavy atom. The standard InChI is InChI=1S/C17H16F6N2O2/c1-3-24-14(26)25-13-9(2)8-12(10-6-4-5-7-11(10)13)15(27,16(18,19)20)17(21,22)23/h4-8,27H,3H2,1-2H3,(H2,24,25,26). The molecule has 0 aliphatic heterocycles. The van der Waals surface area contributed by atoms with Crippen LogP contribution in [-0.2, 0) is 5.60 Å². The first kappa shape index (κ1) is 20.8.